The normalized spacial score (nSPS) is 22.6. The fourth-order valence-corrected chi connectivity index (χ4v) is 5.96. The van der Waals surface area contributed by atoms with Gasteiger partial charge in [-0.3, -0.25) is 14.5 Å². The molecule has 0 bridgehead atoms. The SMILES string of the molecule is C[C@@]1(C(=O)NC2CCCCCCC2)Cn2c(cc3ccccc32)C(=O)N1c1ccc2c(c1)OCCO2. The summed E-state index contributed by atoms with van der Waals surface area (Å²) in [6, 6.07) is 15.5. The molecular weight excluding hydrogens is 454 g/mol. The lowest BCUT2D eigenvalue weighted by molar-refractivity contribution is -0.127. The van der Waals surface area contributed by atoms with E-state index in [0.29, 0.717) is 42.6 Å². The molecule has 2 aromatic carbocycles. The molecule has 0 spiro atoms. The monoisotopic (exact) mass is 487 g/mol. The van der Waals surface area contributed by atoms with Gasteiger partial charge < -0.3 is 19.4 Å². The Bertz CT molecular complexity index is 1310. The molecule has 7 heteroatoms. The van der Waals surface area contributed by atoms with Gasteiger partial charge in [-0.25, -0.2) is 0 Å². The number of carbonyl (C=O) groups excluding carboxylic acids is 2. The van der Waals surface area contributed by atoms with Crippen LogP contribution in [0.5, 0.6) is 11.5 Å². The zero-order valence-electron chi connectivity index (χ0n) is 20.8. The molecule has 3 aromatic rings. The number of nitrogens with one attached hydrogen (secondary N) is 1. The van der Waals surface area contributed by atoms with E-state index in [2.05, 4.69) is 5.32 Å². The van der Waals surface area contributed by atoms with Crippen LogP contribution in [0.1, 0.15) is 62.4 Å². The molecule has 1 N–H and O–H groups in total. The van der Waals surface area contributed by atoms with Crippen molar-refractivity contribution in [1.82, 2.24) is 9.88 Å². The van der Waals surface area contributed by atoms with E-state index < -0.39 is 5.54 Å². The number of anilines is 1. The van der Waals surface area contributed by atoms with E-state index in [9.17, 15) is 9.59 Å². The Hall–Kier alpha value is -3.48. The third kappa shape index (κ3) is 3.91. The van der Waals surface area contributed by atoms with Gasteiger partial charge in [0.15, 0.2) is 11.5 Å². The van der Waals surface area contributed by atoms with Gasteiger partial charge >= 0.3 is 0 Å². The molecule has 0 radical (unpaired) electrons. The van der Waals surface area contributed by atoms with Crippen molar-refractivity contribution in [2.45, 2.75) is 70.0 Å². The lowest BCUT2D eigenvalue weighted by atomic mass is 9.91. The molecule has 1 fully saturated rings. The van der Waals surface area contributed by atoms with Gasteiger partial charge in [0.25, 0.3) is 5.91 Å². The smallest absolute Gasteiger partial charge is 0.275 e. The number of benzene rings is 2. The van der Waals surface area contributed by atoms with Crippen molar-refractivity contribution < 1.29 is 19.1 Å². The second-order valence-electron chi connectivity index (χ2n) is 10.4. The molecule has 36 heavy (non-hydrogen) atoms. The first-order chi connectivity index (χ1) is 17.5. The van der Waals surface area contributed by atoms with E-state index in [4.69, 9.17) is 9.47 Å². The lowest BCUT2D eigenvalue weighted by Gasteiger charge is -2.44. The first-order valence-corrected chi connectivity index (χ1v) is 13.2. The fourth-order valence-electron chi connectivity index (χ4n) is 5.96. The van der Waals surface area contributed by atoms with Gasteiger partial charge in [0, 0.05) is 28.7 Å². The van der Waals surface area contributed by atoms with Crippen molar-refractivity contribution in [2.24, 2.45) is 0 Å². The highest BCUT2D eigenvalue weighted by Gasteiger charge is 2.49. The maximum absolute atomic E-state index is 14.1. The first-order valence-electron chi connectivity index (χ1n) is 13.2. The highest BCUT2D eigenvalue weighted by atomic mass is 16.6. The van der Waals surface area contributed by atoms with E-state index in [1.54, 1.807) is 4.90 Å². The van der Waals surface area contributed by atoms with Gasteiger partial charge in [0.2, 0.25) is 5.91 Å². The third-order valence-corrected chi connectivity index (χ3v) is 7.91. The minimum Gasteiger partial charge on any atom is -0.486 e. The van der Waals surface area contributed by atoms with Gasteiger partial charge in [-0.05, 0) is 44.0 Å². The molecule has 6 rings (SSSR count). The number of nitrogens with zero attached hydrogens (tertiary/aromatic N) is 2. The summed E-state index contributed by atoms with van der Waals surface area (Å²) in [4.78, 5) is 29.9. The van der Waals surface area contributed by atoms with Crippen LogP contribution in [0.4, 0.5) is 5.69 Å². The Morgan fingerprint density at radius 3 is 2.47 bits per heavy atom. The van der Waals surface area contributed by atoms with Crippen molar-refractivity contribution in [3.8, 4) is 11.5 Å². The molecule has 1 aromatic heterocycles. The zero-order valence-corrected chi connectivity index (χ0v) is 20.8. The Kier molecular flexibility index (Phi) is 5.86. The number of fused-ring (bicyclic) bond motifs is 4. The maximum Gasteiger partial charge on any atom is 0.275 e. The molecule has 2 amide bonds. The standard InChI is InChI=1S/C29H33N3O4/c1-29(28(34)30-21-10-5-3-2-4-6-11-21)19-31-23-12-8-7-9-20(23)17-24(31)27(33)32(29)22-13-14-25-26(18-22)36-16-15-35-25/h7-9,12-14,17-18,21H,2-6,10-11,15-16,19H2,1H3,(H,30,34)/t29-/m0/s1. The van der Waals surface area contributed by atoms with Gasteiger partial charge in [-0.1, -0.05) is 50.3 Å². The van der Waals surface area contributed by atoms with E-state index in [-0.39, 0.29) is 17.9 Å². The summed E-state index contributed by atoms with van der Waals surface area (Å²) in [5.41, 5.74) is 1.07. The summed E-state index contributed by atoms with van der Waals surface area (Å²) in [6.07, 6.45) is 7.91. The van der Waals surface area contributed by atoms with Crippen LogP contribution in [0, 0.1) is 0 Å². The average molecular weight is 488 g/mol. The summed E-state index contributed by atoms with van der Waals surface area (Å²) >= 11 is 0. The first kappa shape index (κ1) is 23.0. The number of hydrogen-bond donors (Lipinski definition) is 1. The van der Waals surface area contributed by atoms with Gasteiger partial charge in [-0.15, -0.1) is 0 Å². The minimum absolute atomic E-state index is 0.111. The summed E-state index contributed by atoms with van der Waals surface area (Å²) in [6.45, 7) is 3.21. The highest BCUT2D eigenvalue weighted by Crippen LogP contribution is 2.40. The predicted octanol–water partition coefficient (Wildman–Crippen LogP) is 5.06. The lowest BCUT2D eigenvalue weighted by Crippen LogP contribution is -2.65. The number of hydrogen-bond acceptors (Lipinski definition) is 4. The predicted molar refractivity (Wildman–Crippen MR) is 139 cm³/mol. The number of carbonyl (C=O) groups is 2. The van der Waals surface area contributed by atoms with Crippen molar-refractivity contribution in [2.75, 3.05) is 18.1 Å². The second kappa shape index (κ2) is 9.19. The van der Waals surface area contributed by atoms with Crippen molar-refractivity contribution >= 4 is 28.4 Å². The van der Waals surface area contributed by atoms with Gasteiger partial charge in [0.1, 0.15) is 24.4 Å². The van der Waals surface area contributed by atoms with Crippen LogP contribution in [-0.4, -0.2) is 41.2 Å². The molecule has 1 saturated carbocycles. The Balaban J connectivity index is 1.42. The van der Waals surface area contributed by atoms with Crippen molar-refractivity contribution in [3.63, 3.8) is 0 Å². The molecule has 1 atom stereocenters. The van der Waals surface area contributed by atoms with Crippen LogP contribution in [0.15, 0.2) is 48.5 Å². The fraction of sp³-hybridized carbons (Fsp3) is 0.448. The molecule has 1 aliphatic carbocycles. The zero-order chi connectivity index (χ0) is 24.7. The van der Waals surface area contributed by atoms with E-state index in [1.807, 2.05) is 60.0 Å². The molecule has 7 nitrogen and oxygen atoms in total. The number of rotatable bonds is 3. The number of aromatic nitrogens is 1. The maximum atomic E-state index is 14.1. The molecule has 2 aliphatic heterocycles. The molecule has 0 saturated heterocycles. The number of amides is 2. The average Bonchev–Trinajstić information content (AvgIpc) is 3.24. The molecule has 3 aliphatic rings. The Morgan fingerprint density at radius 2 is 1.67 bits per heavy atom. The topological polar surface area (TPSA) is 72.8 Å². The van der Waals surface area contributed by atoms with Gasteiger partial charge in [-0.2, -0.15) is 0 Å². The van der Waals surface area contributed by atoms with E-state index in [1.165, 1.54) is 19.3 Å². The summed E-state index contributed by atoms with van der Waals surface area (Å²) in [5.74, 6) is 0.953. The molecular formula is C29H33N3O4. The molecule has 0 unspecified atom stereocenters. The van der Waals surface area contributed by atoms with E-state index >= 15 is 0 Å². The minimum atomic E-state index is -1.11. The van der Waals surface area contributed by atoms with Crippen molar-refractivity contribution in [1.29, 1.82) is 0 Å². The Labute approximate surface area is 211 Å². The van der Waals surface area contributed by atoms with Crippen LogP contribution in [-0.2, 0) is 11.3 Å². The summed E-state index contributed by atoms with van der Waals surface area (Å²) < 4.78 is 13.5. The van der Waals surface area contributed by atoms with E-state index in [0.717, 1.165) is 36.6 Å². The molecule has 3 heterocycles. The van der Waals surface area contributed by atoms with Gasteiger partial charge in [0.05, 0.1) is 6.54 Å². The highest BCUT2D eigenvalue weighted by molar-refractivity contribution is 6.14. The van der Waals surface area contributed by atoms with Crippen LogP contribution in [0.3, 0.4) is 0 Å². The summed E-state index contributed by atoms with van der Waals surface area (Å²) in [7, 11) is 0. The quantitative estimate of drug-likeness (QED) is 0.561. The largest absolute Gasteiger partial charge is 0.486 e. The summed E-state index contributed by atoms with van der Waals surface area (Å²) in [5, 5.41) is 4.34. The van der Waals surface area contributed by atoms with Crippen LogP contribution in [0.2, 0.25) is 0 Å². The van der Waals surface area contributed by atoms with Crippen LogP contribution >= 0.6 is 0 Å². The number of para-hydroxylation sites is 1. The second-order valence-corrected chi connectivity index (χ2v) is 10.4. The Morgan fingerprint density at radius 1 is 0.944 bits per heavy atom. The number of ether oxygens (including phenoxy) is 2. The third-order valence-electron chi connectivity index (χ3n) is 7.91. The van der Waals surface area contributed by atoms with Crippen molar-refractivity contribution in [3.05, 3.63) is 54.2 Å². The van der Waals surface area contributed by atoms with Crippen LogP contribution in [0.25, 0.3) is 10.9 Å². The van der Waals surface area contributed by atoms with Crippen LogP contribution < -0.4 is 19.7 Å². The molecule has 188 valence electrons.